The molecular weight excluding hydrogens is 354 g/mol. The van der Waals surface area contributed by atoms with Crippen molar-refractivity contribution in [2.45, 2.75) is 13.8 Å². The van der Waals surface area contributed by atoms with Crippen LogP contribution in [0.2, 0.25) is 0 Å². The average Bonchev–Trinajstić information content (AvgIpc) is 2.71. The molecule has 0 aliphatic carbocycles. The van der Waals surface area contributed by atoms with E-state index >= 15 is 0 Å². The summed E-state index contributed by atoms with van der Waals surface area (Å²) in [7, 11) is 0. The van der Waals surface area contributed by atoms with Crippen LogP contribution in [0, 0.1) is 0 Å². The van der Waals surface area contributed by atoms with Crippen LogP contribution in [0.25, 0.3) is 0 Å². The van der Waals surface area contributed by atoms with Gasteiger partial charge in [0.25, 0.3) is 5.91 Å². The molecule has 28 heavy (non-hydrogen) atoms. The molecule has 6 nitrogen and oxygen atoms in total. The van der Waals surface area contributed by atoms with Gasteiger partial charge in [0.2, 0.25) is 0 Å². The number of hydrogen-bond acceptors (Lipinski definition) is 5. The number of aromatic nitrogens is 1. The van der Waals surface area contributed by atoms with Gasteiger partial charge in [0.15, 0.2) is 0 Å². The predicted octanol–water partition coefficient (Wildman–Crippen LogP) is 4.87. The van der Waals surface area contributed by atoms with Crippen LogP contribution in [0.15, 0.2) is 66.9 Å². The first-order valence-electron chi connectivity index (χ1n) is 9.18. The summed E-state index contributed by atoms with van der Waals surface area (Å²) in [6, 6.07) is 18.5. The minimum Gasteiger partial charge on any atom is -0.494 e. The standard InChI is InChI=1S/C22H23N3O3/c1-3-27-18-11-9-16(10-12-18)24-17-13-14-23-20(15-17)22(26)25-19-7-5-6-8-21(19)28-4-2/h5-15H,3-4H2,1-2H3,(H,23,24)(H,25,26). The van der Waals surface area contributed by atoms with Gasteiger partial charge in [-0.25, -0.2) is 0 Å². The van der Waals surface area contributed by atoms with Crippen molar-refractivity contribution in [1.82, 2.24) is 4.98 Å². The number of benzene rings is 2. The summed E-state index contributed by atoms with van der Waals surface area (Å²) in [4.78, 5) is 16.8. The number of amides is 1. The third-order valence-electron chi connectivity index (χ3n) is 3.88. The highest BCUT2D eigenvalue weighted by Gasteiger charge is 2.11. The Balaban J connectivity index is 1.71. The third kappa shape index (κ3) is 5.01. The summed E-state index contributed by atoms with van der Waals surface area (Å²) < 4.78 is 11.0. The summed E-state index contributed by atoms with van der Waals surface area (Å²) in [5.41, 5.74) is 2.58. The van der Waals surface area contributed by atoms with E-state index in [2.05, 4.69) is 15.6 Å². The van der Waals surface area contributed by atoms with Crippen LogP contribution in [-0.2, 0) is 0 Å². The molecule has 0 saturated carbocycles. The predicted molar refractivity (Wildman–Crippen MR) is 111 cm³/mol. The van der Waals surface area contributed by atoms with Crippen LogP contribution in [-0.4, -0.2) is 24.1 Å². The maximum Gasteiger partial charge on any atom is 0.274 e. The van der Waals surface area contributed by atoms with Crippen LogP contribution in [0.3, 0.4) is 0 Å². The van der Waals surface area contributed by atoms with Crippen molar-refractivity contribution >= 4 is 23.0 Å². The largest absolute Gasteiger partial charge is 0.494 e. The van der Waals surface area contributed by atoms with Crippen molar-refractivity contribution in [1.29, 1.82) is 0 Å². The van der Waals surface area contributed by atoms with Crippen LogP contribution < -0.4 is 20.1 Å². The molecular formula is C22H23N3O3. The van der Waals surface area contributed by atoms with Gasteiger partial charge in [-0.1, -0.05) is 12.1 Å². The normalized spacial score (nSPS) is 10.2. The molecule has 2 N–H and O–H groups in total. The molecule has 144 valence electrons. The molecule has 0 atom stereocenters. The second-order valence-electron chi connectivity index (χ2n) is 5.90. The summed E-state index contributed by atoms with van der Waals surface area (Å²) in [6.45, 7) is 4.99. The zero-order valence-corrected chi connectivity index (χ0v) is 15.9. The Morgan fingerprint density at radius 3 is 2.43 bits per heavy atom. The Morgan fingerprint density at radius 2 is 1.68 bits per heavy atom. The quantitative estimate of drug-likeness (QED) is 0.586. The lowest BCUT2D eigenvalue weighted by Gasteiger charge is -2.12. The van der Waals surface area contributed by atoms with Gasteiger partial charge >= 0.3 is 0 Å². The van der Waals surface area contributed by atoms with Crippen molar-refractivity contribution in [3.63, 3.8) is 0 Å². The molecule has 0 aliphatic rings. The third-order valence-corrected chi connectivity index (χ3v) is 3.88. The highest BCUT2D eigenvalue weighted by Crippen LogP contribution is 2.25. The molecule has 0 bridgehead atoms. The first kappa shape index (κ1) is 19.2. The van der Waals surface area contributed by atoms with Crippen LogP contribution in [0.1, 0.15) is 24.3 Å². The molecule has 0 spiro atoms. The van der Waals surface area contributed by atoms with Crippen LogP contribution in [0.5, 0.6) is 11.5 Å². The van der Waals surface area contributed by atoms with Crippen molar-refractivity contribution in [3.05, 3.63) is 72.6 Å². The number of anilines is 3. The molecule has 0 radical (unpaired) electrons. The fourth-order valence-corrected chi connectivity index (χ4v) is 2.64. The number of rotatable bonds is 8. The highest BCUT2D eigenvalue weighted by atomic mass is 16.5. The second-order valence-corrected chi connectivity index (χ2v) is 5.90. The molecule has 3 aromatic rings. The number of nitrogens with zero attached hydrogens (tertiary/aromatic N) is 1. The van der Waals surface area contributed by atoms with Gasteiger partial charge in [-0.05, 0) is 62.4 Å². The summed E-state index contributed by atoms with van der Waals surface area (Å²) in [5.74, 6) is 1.14. The number of carbonyl (C=O) groups is 1. The zero-order chi connectivity index (χ0) is 19.8. The summed E-state index contributed by atoms with van der Waals surface area (Å²) >= 11 is 0. The van der Waals surface area contributed by atoms with Crippen molar-refractivity contribution in [2.75, 3.05) is 23.8 Å². The Kier molecular flexibility index (Phi) is 6.46. The maximum absolute atomic E-state index is 12.6. The Morgan fingerprint density at radius 1 is 0.929 bits per heavy atom. The molecule has 0 fully saturated rings. The minimum absolute atomic E-state index is 0.303. The van der Waals surface area contributed by atoms with Gasteiger partial charge in [-0.15, -0.1) is 0 Å². The SMILES string of the molecule is CCOc1ccc(Nc2ccnc(C(=O)Nc3ccccc3OCC)c2)cc1. The van der Waals surface area contributed by atoms with Gasteiger partial charge in [0, 0.05) is 17.6 Å². The second kappa shape index (κ2) is 9.41. The van der Waals surface area contributed by atoms with Gasteiger partial charge in [-0.2, -0.15) is 0 Å². The molecule has 1 amide bonds. The molecule has 3 rings (SSSR count). The summed E-state index contributed by atoms with van der Waals surface area (Å²) in [5, 5.41) is 6.12. The van der Waals surface area contributed by atoms with Crippen LogP contribution >= 0.6 is 0 Å². The lowest BCUT2D eigenvalue weighted by molar-refractivity contribution is 0.102. The number of ether oxygens (including phenoxy) is 2. The van der Waals surface area contributed by atoms with Gasteiger partial charge < -0.3 is 20.1 Å². The Labute approximate surface area is 164 Å². The molecule has 0 saturated heterocycles. The van der Waals surface area contributed by atoms with Gasteiger partial charge in [0.05, 0.1) is 18.9 Å². The number of nitrogens with one attached hydrogen (secondary N) is 2. The molecule has 0 aliphatic heterocycles. The monoisotopic (exact) mass is 377 g/mol. The Bertz CT molecular complexity index is 926. The topological polar surface area (TPSA) is 72.5 Å². The molecule has 1 heterocycles. The lowest BCUT2D eigenvalue weighted by atomic mass is 10.2. The highest BCUT2D eigenvalue weighted by molar-refractivity contribution is 6.04. The number of pyridine rings is 1. The first-order valence-corrected chi connectivity index (χ1v) is 9.18. The van der Waals surface area contributed by atoms with E-state index in [1.807, 2.05) is 56.3 Å². The minimum atomic E-state index is -0.303. The molecule has 6 heteroatoms. The van der Waals surface area contributed by atoms with Gasteiger partial charge in [-0.3, -0.25) is 9.78 Å². The van der Waals surface area contributed by atoms with Crippen molar-refractivity contribution in [3.8, 4) is 11.5 Å². The van der Waals surface area contributed by atoms with E-state index in [1.165, 1.54) is 0 Å². The fourth-order valence-electron chi connectivity index (χ4n) is 2.64. The fraction of sp³-hybridized carbons (Fsp3) is 0.182. The lowest BCUT2D eigenvalue weighted by Crippen LogP contribution is -2.14. The van der Waals surface area contributed by atoms with Crippen LogP contribution in [0.4, 0.5) is 17.1 Å². The van der Waals surface area contributed by atoms with E-state index in [9.17, 15) is 4.79 Å². The van der Waals surface area contributed by atoms with E-state index in [0.717, 1.165) is 17.1 Å². The van der Waals surface area contributed by atoms with Crippen molar-refractivity contribution in [2.24, 2.45) is 0 Å². The average molecular weight is 377 g/mol. The Hall–Kier alpha value is -3.54. The molecule has 1 aromatic heterocycles. The molecule has 0 unspecified atom stereocenters. The summed E-state index contributed by atoms with van der Waals surface area (Å²) in [6.07, 6.45) is 1.60. The maximum atomic E-state index is 12.6. The van der Waals surface area contributed by atoms with E-state index in [1.54, 1.807) is 24.4 Å². The van der Waals surface area contributed by atoms with E-state index in [-0.39, 0.29) is 5.91 Å². The smallest absolute Gasteiger partial charge is 0.274 e. The first-order chi connectivity index (χ1) is 13.7. The zero-order valence-electron chi connectivity index (χ0n) is 15.9. The van der Waals surface area contributed by atoms with Crippen molar-refractivity contribution < 1.29 is 14.3 Å². The van der Waals surface area contributed by atoms with E-state index in [0.29, 0.717) is 30.3 Å². The number of carbonyl (C=O) groups excluding carboxylic acids is 1. The number of hydrogen-bond donors (Lipinski definition) is 2. The number of para-hydroxylation sites is 2. The van der Waals surface area contributed by atoms with E-state index in [4.69, 9.17) is 9.47 Å². The molecule has 2 aromatic carbocycles. The van der Waals surface area contributed by atoms with E-state index < -0.39 is 0 Å². The van der Waals surface area contributed by atoms with Gasteiger partial charge in [0.1, 0.15) is 17.2 Å².